The van der Waals surface area contributed by atoms with E-state index in [9.17, 15) is 4.79 Å². The zero-order valence-electron chi connectivity index (χ0n) is 12.0. The van der Waals surface area contributed by atoms with Gasteiger partial charge in [0.05, 0.1) is 35.9 Å². The Balaban J connectivity index is 2.13. The van der Waals surface area contributed by atoms with Crippen LogP contribution in [0.3, 0.4) is 0 Å². The number of benzene rings is 2. The average Bonchev–Trinajstić information content (AvgIpc) is 2.51. The van der Waals surface area contributed by atoms with E-state index in [0.717, 1.165) is 10.0 Å². The van der Waals surface area contributed by atoms with Gasteiger partial charge in [0.2, 0.25) is 0 Å². The van der Waals surface area contributed by atoms with Crippen molar-refractivity contribution in [3.05, 3.63) is 67.1 Å². The fourth-order valence-electron chi connectivity index (χ4n) is 2.36. The monoisotopic (exact) mass is 412 g/mol. The molecule has 3 aromatic rings. The van der Waals surface area contributed by atoms with Crippen molar-refractivity contribution >= 4 is 50.0 Å². The molecule has 2 aromatic carbocycles. The van der Waals surface area contributed by atoms with E-state index in [4.69, 9.17) is 27.9 Å². The van der Waals surface area contributed by atoms with Crippen molar-refractivity contribution in [3.8, 4) is 5.75 Å². The summed E-state index contributed by atoms with van der Waals surface area (Å²) in [5, 5.41) is 1.15. The minimum Gasteiger partial charge on any atom is -0.496 e. The molecule has 0 atom stereocenters. The highest BCUT2D eigenvalue weighted by Gasteiger charge is 2.11. The molecule has 0 saturated heterocycles. The minimum atomic E-state index is -0.207. The van der Waals surface area contributed by atoms with Crippen LogP contribution in [0, 0.1) is 0 Å². The lowest BCUT2D eigenvalue weighted by atomic mass is 10.2. The zero-order valence-corrected chi connectivity index (χ0v) is 15.1. The lowest BCUT2D eigenvalue weighted by molar-refractivity contribution is 0.408. The van der Waals surface area contributed by atoms with E-state index in [1.807, 2.05) is 18.2 Å². The summed E-state index contributed by atoms with van der Waals surface area (Å²) >= 11 is 15.5. The molecule has 0 unspecified atom stereocenters. The molecule has 118 valence electrons. The molecule has 0 aliphatic rings. The van der Waals surface area contributed by atoms with Gasteiger partial charge in [0.1, 0.15) is 5.75 Å². The molecule has 0 aliphatic heterocycles. The van der Waals surface area contributed by atoms with E-state index in [1.54, 1.807) is 19.2 Å². The summed E-state index contributed by atoms with van der Waals surface area (Å²) in [5.74, 6) is 0.698. The lowest BCUT2D eigenvalue weighted by Gasteiger charge is -2.11. The van der Waals surface area contributed by atoms with Crippen LogP contribution in [0.15, 0.2) is 45.9 Å². The maximum Gasteiger partial charge on any atom is 0.261 e. The normalized spacial score (nSPS) is 11.0. The molecule has 7 heteroatoms. The third-order valence-electron chi connectivity index (χ3n) is 3.43. The standard InChI is InChI=1S/C16H11BrCl2N2O2/c1-23-14-3-2-10(17)4-9(14)7-21-8-20-15-12(16(21)22)5-11(18)6-13(15)19/h2-6,8H,7H2,1H3. The quantitative estimate of drug-likeness (QED) is 0.633. The molecular formula is C16H11BrCl2N2O2. The molecular weight excluding hydrogens is 403 g/mol. The highest BCUT2D eigenvalue weighted by molar-refractivity contribution is 9.10. The van der Waals surface area contributed by atoms with E-state index < -0.39 is 0 Å². The predicted octanol–water partition coefficient (Wildman–Crippen LogP) is 4.52. The van der Waals surface area contributed by atoms with E-state index in [-0.39, 0.29) is 5.56 Å². The Morgan fingerprint density at radius 3 is 2.78 bits per heavy atom. The Morgan fingerprint density at radius 1 is 1.26 bits per heavy atom. The van der Waals surface area contributed by atoms with Crippen molar-refractivity contribution in [3.63, 3.8) is 0 Å². The molecule has 23 heavy (non-hydrogen) atoms. The van der Waals surface area contributed by atoms with Crippen LogP contribution in [-0.2, 0) is 6.54 Å². The number of ether oxygens (including phenoxy) is 1. The Kier molecular flexibility index (Phi) is 4.62. The highest BCUT2D eigenvalue weighted by Crippen LogP contribution is 2.25. The van der Waals surface area contributed by atoms with Gasteiger partial charge in [0, 0.05) is 15.1 Å². The fourth-order valence-corrected chi connectivity index (χ4v) is 3.31. The van der Waals surface area contributed by atoms with Crippen molar-refractivity contribution < 1.29 is 4.74 Å². The van der Waals surface area contributed by atoms with E-state index in [0.29, 0.717) is 33.2 Å². The van der Waals surface area contributed by atoms with E-state index in [1.165, 1.54) is 10.9 Å². The maximum atomic E-state index is 12.7. The molecule has 4 nitrogen and oxygen atoms in total. The molecule has 0 radical (unpaired) electrons. The van der Waals surface area contributed by atoms with Gasteiger partial charge in [0.25, 0.3) is 5.56 Å². The fraction of sp³-hybridized carbons (Fsp3) is 0.125. The summed E-state index contributed by atoms with van der Waals surface area (Å²) in [7, 11) is 1.59. The van der Waals surface area contributed by atoms with Gasteiger partial charge in [-0.3, -0.25) is 9.36 Å². The number of rotatable bonds is 3. The molecule has 3 rings (SSSR count). The Morgan fingerprint density at radius 2 is 2.04 bits per heavy atom. The van der Waals surface area contributed by atoms with Crippen LogP contribution in [-0.4, -0.2) is 16.7 Å². The average molecular weight is 414 g/mol. The van der Waals surface area contributed by atoms with Gasteiger partial charge in [-0.25, -0.2) is 4.98 Å². The molecule has 0 aliphatic carbocycles. The molecule has 1 aromatic heterocycles. The van der Waals surface area contributed by atoms with Gasteiger partial charge in [-0.05, 0) is 30.3 Å². The summed E-state index contributed by atoms with van der Waals surface area (Å²) in [6.45, 7) is 0.328. The minimum absolute atomic E-state index is 0.207. The van der Waals surface area contributed by atoms with Crippen LogP contribution in [0.4, 0.5) is 0 Å². The molecule has 0 spiro atoms. The highest BCUT2D eigenvalue weighted by atomic mass is 79.9. The summed E-state index contributed by atoms with van der Waals surface area (Å²) in [5.41, 5.74) is 1.10. The SMILES string of the molecule is COc1ccc(Br)cc1Cn1cnc2c(Cl)cc(Cl)cc2c1=O. The van der Waals surface area contributed by atoms with Crippen molar-refractivity contribution in [1.82, 2.24) is 9.55 Å². The molecule has 0 fully saturated rings. The first-order valence-corrected chi connectivity index (χ1v) is 8.21. The number of methoxy groups -OCH3 is 1. The van der Waals surface area contributed by atoms with Crippen LogP contribution in [0.1, 0.15) is 5.56 Å². The second kappa shape index (κ2) is 6.51. The zero-order chi connectivity index (χ0) is 16.6. The number of aromatic nitrogens is 2. The van der Waals surface area contributed by atoms with E-state index in [2.05, 4.69) is 20.9 Å². The van der Waals surface area contributed by atoms with Crippen LogP contribution in [0.25, 0.3) is 10.9 Å². The summed E-state index contributed by atoms with van der Waals surface area (Å²) in [6.07, 6.45) is 1.48. The van der Waals surface area contributed by atoms with Crippen LogP contribution in [0.5, 0.6) is 5.75 Å². The first kappa shape index (κ1) is 16.3. The van der Waals surface area contributed by atoms with Gasteiger partial charge in [-0.15, -0.1) is 0 Å². The third-order valence-corrected chi connectivity index (χ3v) is 4.43. The maximum absolute atomic E-state index is 12.7. The van der Waals surface area contributed by atoms with Crippen molar-refractivity contribution in [2.45, 2.75) is 6.54 Å². The summed E-state index contributed by atoms with van der Waals surface area (Å²) in [6, 6.07) is 8.77. The smallest absolute Gasteiger partial charge is 0.261 e. The number of fused-ring (bicyclic) bond motifs is 1. The third kappa shape index (κ3) is 3.22. The number of hydrogen-bond donors (Lipinski definition) is 0. The summed E-state index contributed by atoms with van der Waals surface area (Å²) in [4.78, 5) is 17.0. The summed E-state index contributed by atoms with van der Waals surface area (Å²) < 4.78 is 7.74. The van der Waals surface area contributed by atoms with Gasteiger partial charge in [-0.1, -0.05) is 39.1 Å². The number of hydrogen-bond acceptors (Lipinski definition) is 3. The van der Waals surface area contributed by atoms with E-state index >= 15 is 0 Å². The first-order valence-electron chi connectivity index (χ1n) is 6.66. The number of nitrogens with zero attached hydrogens (tertiary/aromatic N) is 2. The Labute approximate surface area is 150 Å². The Bertz CT molecular complexity index is 957. The molecule has 0 bridgehead atoms. The second-order valence-electron chi connectivity index (χ2n) is 4.92. The Hall–Kier alpha value is -1.56. The van der Waals surface area contributed by atoms with Crippen molar-refractivity contribution in [1.29, 1.82) is 0 Å². The van der Waals surface area contributed by atoms with Crippen LogP contribution in [0.2, 0.25) is 10.0 Å². The van der Waals surface area contributed by atoms with Gasteiger partial charge < -0.3 is 4.74 Å². The van der Waals surface area contributed by atoms with Gasteiger partial charge >= 0.3 is 0 Å². The topological polar surface area (TPSA) is 44.1 Å². The molecule has 0 amide bonds. The second-order valence-corrected chi connectivity index (χ2v) is 6.68. The number of halogens is 3. The predicted molar refractivity (Wildman–Crippen MR) is 95.8 cm³/mol. The van der Waals surface area contributed by atoms with Crippen LogP contribution >= 0.6 is 39.1 Å². The first-order chi connectivity index (χ1) is 11.0. The van der Waals surface area contributed by atoms with Gasteiger partial charge in [-0.2, -0.15) is 0 Å². The molecule has 0 saturated carbocycles. The largest absolute Gasteiger partial charge is 0.496 e. The molecule has 1 heterocycles. The van der Waals surface area contributed by atoms with Crippen molar-refractivity contribution in [2.24, 2.45) is 0 Å². The van der Waals surface area contributed by atoms with Crippen LogP contribution < -0.4 is 10.3 Å². The lowest BCUT2D eigenvalue weighted by Crippen LogP contribution is -2.21. The van der Waals surface area contributed by atoms with Gasteiger partial charge in [0.15, 0.2) is 0 Å². The molecule has 0 N–H and O–H groups in total. The van der Waals surface area contributed by atoms with Crippen molar-refractivity contribution in [2.75, 3.05) is 7.11 Å².